The van der Waals surface area contributed by atoms with Gasteiger partial charge in [-0.05, 0) is 48.9 Å². The minimum Gasteiger partial charge on any atom is -0.409 e. The lowest BCUT2D eigenvalue weighted by Crippen LogP contribution is -2.47. The maximum absolute atomic E-state index is 13.0. The van der Waals surface area contributed by atoms with Crippen molar-refractivity contribution >= 4 is 23.1 Å². The molecule has 4 atom stereocenters. The second kappa shape index (κ2) is 11.5. The number of benzene rings is 1. The lowest BCUT2D eigenvalue weighted by Gasteiger charge is -2.30. The third-order valence-electron chi connectivity index (χ3n) is 6.72. The molecular formula is C25H28FN7O6. The number of carbonyl (C=O) groups excluding carboxylic acids is 1. The molecule has 3 aromatic rings. The Morgan fingerprint density at radius 3 is 2.64 bits per heavy atom. The number of fused-ring (bicyclic) bond motifs is 1. The standard InChI is InChI=1S/C25H28FN7O6/c26-15-4-6-16(7-5-15)38-25(37)31-32-10-8-14(9-11-32)2-1-3-18-29-22(27)19-23(30-18)33(13-28-19)24-21(36)20(35)17(12-34)39-24/h4-7,13-14,17,20-21,24,34-36H,2,8-12H2,(H,31,37)(H2,27,29,30)/t17-,20-,21-,24-/m1/s1. The first-order chi connectivity index (χ1) is 18.8. The molecule has 0 unspecified atom stereocenters. The fourth-order valence-electron chi connectivity index (χ4n) is 4.58. The Kier molecular flexibility index (Phi) is 7.87. The summed E-state index contributed by atoms with van der Waals surface area (Å²) in [5, 5.41) is 31.6. The van der Waals surface area contributed by atoms with Crippen LogP contribution in [0.3, 0.4) is 0 Å². The van der Waals surface area contributed by atoms with Gasteiger partial charge in [0.1, 0.15) is 35.4 Å². The van der Waals surface area contributed by atoms with Gasteiger partial charge in [-0.25, -0.2) is 29.1 Å². The van der Waals surface area contributed by atoms with Crippen LogP contribution < -0.4 is 15.9 Å². The van der Waals surface area contributed by atoms with E-state index in [2.05, 4.69) is 32.2 Å². The number of aliphatic hydroxyl groups is 3. The van der Waals surface area contributed by atoms with E-state index in [4.69, 9.17) is 15.2 Å². The number of amides is 1. The third-order valence-corrected chi connectivity index (χ3v) is 6.72. The number of nitrogens with one attached hydrogen (secondary N) is 1. The number of aliphatic hydroxyl groups excluding tert-OH is 3. The molecule has 2 saturated heterocycles. The number of nitrogens with two attached hydrogens (primary N) is 1. The van der Waals surface area contributed by atoms with Gasteiger partial charge in [-0.15, -0.1) is 0 Å². The van der Waals surface area contributed by atoms with Crippen LogP contribution in [-0.4, -0.2) is 83.9 Å². The number of nitrogens with zero attached hydrogens (tertiary/aromatic N) is 5. The number of carbonyl (C=O) groups is 1. The number of ether oxygens (including phenoxy) is 2. The smallest absolute Gasteiger partial charge is 0.409 e. The van der Waals surface area contributed by atoms with E-state index in [0.29, 0.717) is 30.9 Å². The van der Waals surface area contributed by atoms with Crippen LogP contribution in [0.4, 0.5) is 15.0 Å². The molecule has 0 saturated carbocycles. The number of rotatable bonds is 5. The molecule has 5 rings (SSSR count). The summed E-state index contributed by atoms with van der Waals surface area (Å²) in [7, 11) is 0. The van der Waals surface area contributed by atoms with E-state index in [1.54, 1.807) is 5.01 Å². The van der Waals surface area contributed by atoms with E-state index in [0.717, 1.165) is 12.8 Å². The summed E-state index contributed by atoms with van der Waals surface area (Å²) in [6.45, 7) is 0.776. The zero-order chi connectivity index (χ0) is 27.5. The van der Waals surface area contributed by atoms with Crippen molar-refractivity contribution in [2.75, 3.05) is 25.4 Å². The number of piperidine rings is 1. The van der Waals surface area contributed by atoms with E-state index in [-0.39, 0.29) is 23.0 Å². The first-order valence-corrected chi connectivity index (χ1v) is 12.4. The lowest BCUT2D eigenvalue weighted by atomic mass is 9.94. The van der Waals surface area contributed by atoms with Gasteiger partial charge in [-0.3, -0.25) is 9.99 Å². The molecule has 2 aliphatic heterocycles. The van der Waals surface area contributed by atoms with Gasteiger partial charge in [0.25, 0.3) is 0 Å². The fraction of sp³-hybridized carbons (Fsp3) is 0.440. The first kappa shape index (κ1) is 26.7. The number of anilines is 1. The molecule has 0 radical (unpaired) electrons. The maximum Gasteiger partial charge on any atom is 0.427 e. The van der Waals surface area contributed by atoms with Crippen LogP contribution >= 0.6 is 0 Å². The van der Waals surface area contributed by atoms with Gasteiger partial charge in [-0.2, -0.15) is 0 Å². The van der Waals surface area contributed by atoms with Gasteiger partial charge in [0, 0.05) is 19.5 Å². The second-order valence-electron chi connectivity index (χ2n) is 9.38. The molecule has 39 heavy (non-hydrogen) atoms. The summed E-state index contributed by atoms with van der Waals surface area (Å²) in [6.07, 6.45) is -1.59. The van der Waals surface area contributed by atoms with Crippen molar-refractivity contribution in [3.63, 3.8) is 0 Å². The van der Waals surface area contributed by atoms with Crippen molar-refractivity contribution in [2.45, 2.75) is 43.8 Å². The van der Waals surface area contributed by atoms with Gasteiger partial charge in [-0.1, -0.05) is 5.92 Å². The van der Waals surface area contributed by atoms with E-state index in [1.165, 1.54) is 35.2 Å². The Bertz CT molecular complexity index is 1380. The highest BCUT2D eigenvalue weighted by Gasteiger charge is 2.44. The number of halogens is 1. The normalized spacial score (nSPS) is 23.9. The molecule has 14 heteroatoms. The van der Waals surface area contributed by atoms with Crippen molar-refractivity contribution in [1.29, 1.82) is 0 Å². The molecule has 2 aromatic heterocycles. The molecule has 0 spiro atoms. The molecule has 2 aliphatic rings. The van der Waals surface area contributed by atoms with Gasteiger partial charge >= 0.3 is 6.09 Å². The molecule has 206 valence electrons. The Labute approximate surface area is 222 Å². The van der Waals surface area contributed by atoms with Crippen LogP contribution in [0.2, 0.25) is 0 Å². The topological polar surface area (TPSA) is 181 Å². The van der Waals surface area contributed by atoms with E-state index in [9.17, 15) is 24.5 Å². The van der Waals surface area contributed by atoms with Crippen LogP contribution in [0.1, 0.15) is 31.3 Å². The predicted octanol–water partition coefficient (Wildman–Crippen LogP) is 0.316. The van der Waals surface area contributed by atoms with Crippen LogP contribution in [0.25, 0.3) is 11.2 Å². The summed E-state index contributed by atoms with van der Waals surface area (Å²) in [6, 6.07) is 5.19. The zero-order valence-corrected chi connectivity index (χ0v) is 20.8. The molecule has 2 fully saturated rings. The maximum atomic E-state index is 13.0. The minimum atomic E-state index is -1.30. The lowest BCUT2D eigenvalue weighted by molar-refractivity contribution is -0.0511. The van der Waals surface area contributed by atoms with Crippen LogP contribution in [0.15, 0.2) is 30.6 Å². The predicted molar refractivity (Wildman–Crippen MR) is 134 cm³/mol. The number of hydrazine groups is 1. The molecule has 13 nitrogen and oxygen atoms in total. The summed E-state index contributed by atoms with van der Waals surface area (Å²) >= 11 is 0. The Balaban J connectivity index is 1.16. The van der Waals surface area contributed by atoms with Gasteiger partial charge in [0.2, 0.25) is 5.82 Å². The quantitative estimate of drug-likeness (QED) is 0.281. The van der Waals surface area contributed by atoms with E-state index < -0.39 is 43.1 Å². The Morgan fingerprint density at radius 1 is 1.21 bits per heavy atom. The Hall–Kier alpha value is -3.87. The number of imidazole rings is 1. The van der Waals surface area contributed by atoms with Crippen LogP contribution in [0.5, 0.6) is 5.75 Å². The minimum absolute atomic E-state index is 0.113. The molecule has 0 bridgehead atoms. The molecular weight excluding hydrogens is 513 g/mol. The molecule has 1 aromatic carbocycles. The Morgan fingerprint density at radius 2 is 1.95 bits per heavy atom. The fourth-order valence-corrected chi connectivity index (χ4v) is 4.58. The second-order valence-corrected chi connectivity index (χ2v) is 9.38. The summed E-state index contributed by atoms with van der Waals surface area (Å²) in [4.78, 5) is 24.9. The third kappa shape index (κ3) is 5.92. The molecule has 1 amide bonds. The van der Waals surface area contributed by atoms with Crippen LogP contribution in [0, 0.1) is 23.6 Å². The molecule has 6 N–H and O–H groups in total. The van der Waals surface area contributed by atoms with E-state index >= 15 is 0 Å². The number of hydrogen-bond acceptors (Lipinski definition) is 11. The first-order valence-electron chi connectivity index (χ1n) is 12.4. The highest BCUT2D eigenvalue weighted by Crippen LogP contribution is 2.32. The van der Waals surface area contributed by atoms with E-state index in [1.807, 2.05) is 0 Å². The monoisotopic (exact) mass is 541 g/mol. The zero-order valence-electron chi connectivity index (χ0n) is 20.8. The molecule has 0 aliphatic carbocycles. The SMILES string of the molecule is Nc1nc(C#CCC2CCN(NC(=O)Oc3ccc(F)cc3)CC2)nc2c1ncn2[C@@H]1O[C@H](CO)[C@@H](O)[C@H]1O. The summed E-state index contributed by atoms with van der Waals surface area (Å²) in [5.74, 6) is 6.46. The number of hydrogen-bond donors (Lipinski definition) is 5. The van der Waals surface area contributed by atoms with Crippen LogP contribution in [-0.2, 0) is 4.74 Å². The highest BCUT2D eigenvalue weighted by atomic mass is 19.1. The number of nitrogen functional groups attached to an aromatic ring is 1. The largest absolute Gasteiger partial charge is 0.427 e. The van der Waals surface area contributed by atoms with Crippen molar-refractivity contribution in [3.05, 3.63) is 42.2 Å². The van der Waals surface area contributed by atoms with Crippen molar-refractivity contribution in [3.8, 4) is 17.6 Å². The number of aromatic nitrogens is 4. The van der Waals surface area contributed by atoms with Crippen molar-refractivity contribution in [1.82, 2.24) is 30.0 Å². The summed E-state index contributed by atoms with van der Waals surface area (Å²) in [5.41, 5.74) is 9.33. The summed E-state index contributed by atoms with van der Waals surface area (Å²) < 4.78 is 25.2. The van der Waals surface area contributed by atoms with Crippen molar-refractivity contribution in [2.24, 2.45) is 5.92 Å². The van der Waals surface area contributed by atoms with Gasteiger partial charge < -0.3 is 30.5 Å². The van der Waals surface area contributed by atoms with Crippen molar-refractivity contribution < 1.29 is 34.0 Å². The average molecular weight is 542 g/mol. The highest BCUT2D eigenvalue weighted by molar-refractivity contribution is 5.82. The van der Waals surface area contributed by atoms with Gasteiger partial charge in [0.15, 0.2) is 17.7 Å². The van der Waals surface area contributed by atoms with Gasteiger partial charge in [0.05, 0.1) is 12.9 Å². The average Bonchev–Trinajstić information content (AvgIpc) is 3.47. The molecule has 4 heterocycles.